The molecule has 2 aliphatic rings. The number of hydrogen-bond donors (Lipinski definition) is 0. The minimum absolute atomic E-state index is 0.825. The Labute approximate surface area is 94.6 Å². The molecule has 88 valence electrons. The van der Waals surface area contributed by atoms with Crippen LogP contribution in [0.4, 0.5) is 0 Å². The Morgan fingerprint density at radius 2 is 1.73 bits per heavy atom. The van der Waals surface area contributed by atoms with Crippen molar-refractivity contribution in [2.24, 2.45) is 11.8 Å². The molecule has 0 aromatic carbocycles. The molecule has 0 radical (unpaired) electrons. The van der Waals surface area contributed by atoms with Crippen LogP contribution in [0.2, 0.25) is 12.6 Å². The van der Waals surface area contributed by atoms with E-state index in [1.54, 1.807) is 0 Å². The molecule has 2 saturated carbocycles. The second kappa shape index (κ2) is 4.98. The zero-order valence-electron chi connectivity index (χ0n) is 10.1. The first kappa shape index (κ1) is 11.6. The first-order valence-corrected chi connectivity index (χ1v) is 8.93. The molecule has 2 rings (SSSR count). The average Bonchev–Trinajstić information content (AvgIpc) is 2.88. The lowest BCUT2D eigenvalue weighted by molar-refractivity contribution is 0.171. The van der Waals surface area contributed by atoms with Crippen LogP contribution in [-0.4, -0.2) is 22.3 Å². The minimum Gasteiger partial charge on any atom is -0.398 e. The SMILES string of the molecule is CO[Si](C)(CC1CC1)OCC1CCCC1. The Hall–Kier alpha value is 0.137. The molecule has 3 heteroatoms. The molecule has 0 aromatic rings. The molecule has 0 heterocycles. The molecule has 2 nitrogen and oxygen atoms in total. The van der Waals surface area contributed by atoms with Crippen LogP contribution in [0, 0.1) is 11.8 Å². The van der Waals surface area contributed by atoms with Crippen LogP contribution < -0.4 is 0 Å². The lowest BCUT2D eigenvalue weighted by Crippen LogP contribution is -2.39. The highest BCUT2D eigenvalue weighted by atomic mass is 28.4. The van der Waals surface area contributed by atoms with Crippen molar-refractivity contribution in [1.82, 2.24) is 0 Å². The van der Waals surface area contributed by atoms with Crippen LogP contribution in [0.3, 0.4) is 0 Å². The van der Waals surface area contributed by atoms with Crippen LogP contribution in [-0.2, 0) is 8.85 Å². The Morgan fingerprint density at radius 1 is 1.07 bits per heavy atom. The number of hydrogen-bond acceptors (Lipinski definition) is 2. The van der Waals surface area contributed by atoms with E-state index in [-0.39, 0.29) is 0 Å². The van der Waals surface area contributed by atoms with Crippen molar-refractivity contribution in [2.45, 2.75) is 51.1 Å². The predicted octanol–water partition coefficient (Wildman–Crippen LogP) is 3.32. The number of rotatable bonds is 6. The molecule has 0 N–H and O–H groups in total. The van der Waals surface area contributed by atoms with E-state index in [9.17, 15) is 0 Å². The second-order valence-corrected chi connectivity index (χ2v) is 8.82. The van der Waals surface area contributed by atoms with Gasteiger partial charge in [-0.15, -0.1) is 0 Å². The summed E-state index contributed by atoms with van der Waals surface area (Å²) in [5.74, 6) is 1.75. The van der Waals surface area contributed by atoms with E-state index in [2.05, 4.69) is 6.55 Å². The third-order valence-electron chi connectivity index (χ3n) is 3.89. The molecule has 0 amide bonds. The first-order chi connectivity index (χ1) is 7.22. The molecule has 0 aromatic heterocycles. The Bertz CT molecular complexity index is 200. The van der Waals surface area contributed by atoms with Crippen LogP contribution >= 0.6 is 0 Å². The maximum Gasteiger partial charge on any atom is 0.334 e. The summed E-state index contributed by atoms with van der Waals surface area (Å²) in [6.07, 6.45) is 8.36. The fourth-order valence-corrected chi connectivity index (χ4v) is 4.97. The zero-order valence-corrected chi connectivity index (χ0v) is 11.1. The van der Waals surface area contributed by atoms with Crippen molar-refractivity contribution in [3.63, 3.8) is 0 Å². The highest BCUT2D eigenvalue weighted by Gasteiger charge is 2.38. The summed E-state index contributed by atoms with van der Waals surface area (Å²) in [4.78, 5) is 0. The van der Waals surface area contributed by atoms with E-state index < -0.39 is 8.56 Å². The fraction of sp³-hybridized carbons (Fsp3) is 1.00. The third-order valence-corrected chi connectivity index (χ3v) is 6.85. The van der Waals surface area contributed by atoms with E-state index in [0.29, 0.717) is 0 Å². The molecule has 1 atom stereocenters. The summed E-state index contributed by atoms with van der Waals surface area (Å²) in [6, 6.07) is 1.22. The van der Waals surface area contributed by atoms with Crippen LogP contribution in [0.15, 0.2) is 0 Å². The van der Waals surface area contributed by atoms with Gasteiger partial charge in [-0.3, -0.25) is 0 Å². The van der Waals surface area contributed by atoms with Gasteiger partial charge in [0.15, 0.2) is 0 Å². The summed E-state index contributed by atoms with van der Waals surface area (Å²) in [5.41, 5.74) is 0. The molecule has 2 fully saturated rings. The normalized spacial score (nSPS) is 26.8. The second-order valence-electron chi connectivity index (χ2n) is 5.45. The standard InChI is InChI=1S/C12H24O2Si/c1-13-15(2,10-12-7-8-12)14-9-11-5-3-4-6-11/h11-12H,3-10H2,1-2H3. The molecule has 0 spiro atoms. The lowest BCUT2D eigenvalue weighted by Gasteiger charge is -2.26. The van der Waals surface area contributed by atoms with Gasteiger partial charge >= 0.3 is 8.56 Å². The first-order valence-electron chi connectivity index (χ1n) is 6.41. The van der Waals surface area contributed by atoms with Gasteiger partial charge in [-0.05, 0) is 37.3 Å². The maximum atomic E-state index is 6.13. The van der Waals surface area contributed by atoms with E-state index in [4.69, 9.17) is 8.85 Å². The van der Waals surface area contributed by atoms with Crippen molar-refractivity contribution in [1.29, 1.82) is 0 Å². The van der Waals surface area contributed by atoms with E-state index in [1.807, 2.05) is 7.11 Å². The largest absolute Gasteiger partial charge is 0.398 e. The van der Waals surface area contributed by atoms with Gasteiger partial charge in [0.25, 0.3) is 0 Å². The van der Waals surface area contributed by atoms with Crippen molar-refractivity contribution in [3.05, 3.63) is 0 Å². The monoisotopic (exact) mass is 228 g/mol. The van der Waals surface area contributed by atoms with Crippen molar-refractivity contribution in [2.75, 3.05) is 13.7 Å². The Balaban J connectivity index is 1.72. The molecule has 15 heavy (non-hydrogen) atoms. The van der Waals surface area contributed by atoms with Crippen LogP contribution in [0.5, 0.6) is 0 Å². The third kappa shape index (κ3) is 3.57. The van der Waals surface area contributed by atoms with E-state index >= 15 is 0 Å². The maximum absolute atomic E-state index is 6.13. The lowest BCUT2D eigenvalue weighted by atomic mass is 10.1. The zero-order chi connectivity index (χ0) is 10.7. The van der Waals surface area contributed by atoms with Gasteiger partial charge in [0.1, 0.15) is 0 Å². The van der Waals surface area contributed by atoms with Crippen LogP contribution in [0.25, 0.3) is 0 Å². The summed E-state index contributed by atoms with van der Waals surface area (Å²) < 4.78 is 11.8. The predicted molar refractivity (Wildman–Crippen MR) is 64.1 cm³/mol. The highest BCUT2D eigenvalue weighted by molar-refractivity contribution is 6.66. The molecule has 0 bridgehead atoms. The van der Waals surface area contributed by atoms with E-state index in [0.717, 1.165) is 18.4 Å². The summed E-state index contributed by atoms with van der Waals surface area (Å²) in [5, 5.41) is 0. The highest BCUT2D eigenvalue weighted by Crippen LogP contribution is 2.38. The van der Waals surface area contributed by atoms with Crippen molar-refractivity contribution >= 4 is 8.56 Å². The van der Waals surface area contributed by atoms with Gasteiger partial charge in [-0.1, -0.05) is 25.7 Å². The van der Waals surface area contributed by atoms with Crippen molar-refractivity contribution in [3.8, 4) is 0 Å². The molecule has 1 unspecified atom stereocenters. The average molecular weight is 228 g/mol. The van der Waals surface area contributed by atoms with Gasteiger partial charge in [-0.2, -0.15) is 0 Å². The Kier molecular flexibility index (Phi) is 3.86. The minimum atomic E-state index is -1.79. The van der Waals surface area contributed by atoms with Gasteiger partial charge in [-0.25, -0.2) is 0 Å². The van der Waals surface area contributed by atoms with Crippen molar-refractivity contribution < 1.29 is 8.85 Å². The van der Waals surface area contributed by atoms with Crippen LogP contribution in [0.1, 0.15) is 38.5 Å². The fourth-order valence-electron chi connectivity index (χ4n) is 2.52. The van der Waals surface area contributed by atoms with Gasteiger partial charge in [0, 0.05) is 13.7 Å². The van der Waals surface area contributed by atoms with Gasteiger partial charge in [0.05, 0.1) is 0 Å². The molecule has 0 aliphatic heterocycles. The summed E-state index contributed by atoms with van der Waals surface area (Å²) in [6.45, 7) is 3.20. The Morgan fingerprint density at radius 3 is 2.27 bits per heavy atom. The van der Waals surface area contributed by atoms with E-state index in [1.165, 1.54) is 44.6 Å². The summed E-state index contributed by atoms with van der Waals surface area (Å²) >= 11 is 0. The molecular formula is C12H24O2Si. The van der Waals surface area contributed by atoms with Gasteiger partial charge in [0.2, 0.25) is 0 Å². The molecular weight excluding hydrogens is 204 g/mol. The topological polar surface area (TPSA) is 18.5 Å². The molecule has 2 aliphatic carbocycles. The quantitative estimate of drug-likeness (QED) is 0.649. The summed E-state index contributed by atoms with van der Waals surface area (Å²) in [7, 11) is 0.0451. The smallest absolute Gasteiger partial charge is 0.334 e. The van der Waals surface area contributed by atoms with Gasteiger partial charge < -0.3 is 8.85 Å². The molecule has 0 saturated heterocycles.